The number of hydrogen-bond acceptors (Lipinski definition) is 6. The molecule has 0 unspecified atom stereocenters. The van der Waals surface area contributed by atoms with Gasteiger partial charge in [-0.05, 0) is 31.9 Å². The predicted octanol–water partition coefficient (Wildman–Crippen LogP) is 2.69. The SMILES string of the molecule is CCN(CC)S(=O)(=O)N1CCC[C@@H](c2cc(Nc3cnccn3)cc(C)n2)C1. The van der Waals surface area contributed by atoms with Crippen LogP contribution >= 0.6 is 0 Å². The van der Waals surface area contributed by atoms with Crippen molar-refractivity contribution < 1.29 is 8.42 Å². The lowest BCUT2D eigenvalue weighted by molar-refractivity contribution is 0.285. The minimum atomic E-state index is -3.43. The van der Waals surface area contributed by atoms with E-state index in [1.807, 2.05) is 32.9 Å². The quantitative estimate of drug-likeness (QED) is 0.763. The standard InChI is InChI=1S/C19H28N6O2S/c1-4-24(5-2)28(26,27)25-10-6-7-16(14-25)18-12-17(11-15(3)22-18)23-19-13-20-8-9-21-19/h8-9,11-13,16H,4-7,10,14H2,1-3H3,(H,21,22,23)/t16-/m1/s1. The summed E-state index contributed by atoms with van der Waals surface area (Å²) in [5.74, 6) is 0.731. The molecular weight excluding hydrogens is 376 g/mol. The largest absolute Gasteiger partial charge is 0.339 e. The molecule has 152 valence electrons. The van der Waals surface area contributed by atoms with E-state index in [4.69, 9.17) is 0 Å². The zero-order valence-electron chi connectivity index (χ0n) is 16.7. The molecule has 0 aromatic carbocycles. The molecule has 2 aromatic heterocycles. The first-order valence-electron chi connectivity index (χ1n) is 9.70. The first kappa shape index (κ1) is 20.6. The predicted molar refractivity (Wildman–Crippen MR) is 110 cm³/mol. The third kappa shape index (κ3) is 4.65. The normalized spacial score (nSPS) is 18.4. The number of aromatic nitrogens is 3. The van der Waals surface area contributed by atoms with Crippen LogP contribution in [-0.4, -0.2) is 58.2 Å². The van der Waals surface area contributed by atoms with E-state index in [9.17, 15) is 8.42 Å². The second-order valence-corrected chi connectivity index (χ2v) is 8.86. The highest BCUT2D eigenvalue weighted by molar-refractivity contribution is 7.86. The molecule has 28 heavy (non-hydrogen) atoms. The van der Waals surface area contributed by atoms with Gasteiger partial charge in [-0.1, -0.05) is 13.8 Å². The van der Waals surface area contributed by atoms with Crippen LogP contribution in [0.15, 0.2) is 30.7 Å². The van der Waals surface area contributed by atoms with Gasteiger partial charge in [0.15, 0.2) is 0 Å². The molecule has 3 rings (SSSR count). The molecule has 3 heterocycles. The Labute approximate surface area is 167 Å². The molecule has 1 aliphatic rings. The van der Waals surface area contributed by atoms with E-state index in [2.05, 4.69) is 20.3 Å². The monoisotopic (exact) mass is 404 g/mol. The van der Waals surface area contributed by atoms with E-state index in [-0.39, 0.29) is 5.92 Å². The summed E-state index contributed by atoms with van der Waals surface area (Å²) in [4.78, 5) is 13.0. The van der Waals surface area contributed by atoms with E-state index in [1.54, 1.807) is 22.9 Å². The van der Waals surface area contributed by atoms with Crippen molar-refractivity contribution in [3.8, 4) is 0 Å². The molecule has 9 heteroatoms. The van der Waals surface area contributed by atoms with Crippen LogP contribution in [0.4, 0.5) is 11.5 Å². The lowest BCUT2D eigenvalue weighted by atomic mass is 9.95. The molecule has 0 radical (unpaired) electrons. The Balaban J connectivity index is 1.81. The van der Waals surface area contributed by atoms with Crippen molar-refractivity contribution in [2.24, 2.45) is 0 Å². The molecule has 0 bridgehead atoms. The summed E-state index contributed by atoms with van der Waals surface area (Å²) < 4.78 is 28.9. The molecule has 1 fully saturated rings. The van der Waals surface area contributed by atoms with Crippen LogP contribution < -0.4 is 5.32 Å². The molecule has 0 amide bonds. The number of nitrogens with zero attached hydrogens (tertiary/aromatic N) is 5. The molecule has 1 saturated heterocycles. The van der Waals surface area contributed by atoms with Crippen molar-refractivity contribution in [1.29, 1.82) is 0 Å². The van der Waals surface area contributed by atoms with Crippen molar-refractivity contribution in [1.82, 2.24) is 23.6 Å². The highest BCUT2D eigenvalue weighted by Crippen LogP contribution is 2.30. The number of nitrogens with one attached hydrogen (secondary N) is 1. The fourth-order valence-corrected chi connectivity index (χ4v) is 5.30. The van der Waals surface area contributed by atoms with Crippen molar-refractivity contribution >= 4 is 21.7 Å². The van der Waals surface area contributed by atoms with E-state index in [0.717, 1.165) is 29.9 Å². The van der Waals surface area contributed by atoms with Crippen LogP contribution in [0.25, 0.3) is 0 Å². The summed E-state index contributed by atoms with van der Waals surface area (Å²) in [6.07, 6.45) is 6.67. The van der Waals surface area contributed by atoms with Crippen LogP contribution in [0.1, 0.15) is 44.0 Å². The molecule has 2 aromatic rings. The van der Waals surface area contributed by atoms with E-state index in [0.29, 0.717) is 32.0 Å². The first-order chi connectivity index (χ1) is 13.4. The van der Waals surface area contributed by atoms with Gasteiger partial charge in [0, 0.05) is 61.6 Å². The van der Waals surface area contributed by atoms with Crippen molar-refractivity contribution in [3.05, 3.63) is 42.1 Å². The number of anilines is 2. The summed E-state index contributed by atoms with van der Waals surface area (Å²) in [6.45, 7) is 7.66. The van der Waals surface area contributed by atoms with Crippen LogP contribution in [0.2, 0.25) is 0 Å². The van der Waals surface area contributed by atoms with Crippen LogP contribution in [-0.2, 0) is 10.2 Å². The van der Waals surface area contributed by atoms with Crippen LogP contribution in [0.3, 0.4) is 0 Å². The van der Waals surface area contributed by atoms with Crippen molar-refractivity contribution in [3.63, 3.8) is 0 Å². The Hall–Kier alpha value is -2.10. The Morgan fingerprint density at radius 3 is 2.71 bits per heavy atom. The lowest BCUT2D eigenvalue weighted by Crippen LogP contribution is -2.47. The number of piperidine rings is 1. The topological polar surface area (TPSA) is 91.3 Å². The molecule has 0 saturated carbocycles. The van der Waals surface area contributed by atoms with Gasteiger partial charge in [-0.3, -0.25) is 9.97 Å². The highest BCUT2D eigenvalue weighted by atomic mass is 32.2. The van der Waals surface area contributed by atoms with Gasteiger partial charge < -0.3 is 5.32 Å². The van der Waals surface area contributed by atoms with Gasteiger partial charge in [0.25, 0.3) is 10.2 Å². The minimum Gasteiger partial charge on any atom is -0.339 e. The van der Waals surface area contributed by atoms with E-state index >= 15 is 0 Å². The van der Waals surface area contributed by atoms with Gasteiger partial charge in [0.1, 0.15) is 5.82 Å². The van der Waals surface area contributed by atoms with Gasteiger partial charge in [0.2, 0.25) is 0 Å². The number of hydrogen-bond donors (Lipinski definition) is 1. The smallest absolute Gasteiger partial charge is 0.281 e. The van der Waals surface area contributed by atoms with Gasteiger partial charge in [-0.15, -0.1) is 0 Å². The molecule has 1 N–H and O–H groups in total. The Kier molecular flexibility index (Phi) is 6.58. The highest BCUT2D eigenvalue weighted by Gasteiger charge is 2.33. The zero-order valence-corrected chi connectivity index (χ0v) is 17.5. The molecule has 1 aliphatic heterocycles. The van der Waals surface area contributed by atoms with Crippen LogP contribution in [0.5, 0.6) is 0 Å². The fraction of sp³-hybridized carbons (Fsp3) is 0.526. The van der Waals surface area contributed by atoms with Crippen LogP contribution in [0, 0.1) is 6.92 Å². The summed E-state index contributed by atoms with van der Waals surface area (Å²) in [5, 5.41) is 3.25. The summed E-state index contributed by atoms with van der Waals surface area (Å²) >= 11 is 0. The fourth-order valence-electron chi connectivity index (χ4n) is 3.59. The van der Waals surface area contributed by atoms with Crippen molar-refractivity contribution in [2.45, 2.75) is 39.5 Å². The van der Waals surface area contributed by atoms with Gasteiger partial charge in [-0.25, -0.2) is 4.98 Å². The van der Waals surface area contributed by atoms with Gasteiger partial charge in [0.05, 0.1) is 6.20 Å². The average Bonchev–Trinajstić information content (AvgIpc) is 2.69. The second kappa shape index (κ2) is 8.93. The maximum absolute atomic E-state index is 12.9. The summed E-state index contributed by atoms with van der Waals surface area (Å²) in [7, 11) is -3.43. The number of pyridine rings is 1. The minimum absolute atomic E-state index is 0.0707. The van der Waals surface area contributed by atoms with E-state index < -0.39 is 10.2 Å². The molecule has 1 atom stereocenters. The third-order valence-electron chi connectivity index (χ3n) is 4.97. The van der Waals surface area contributed by atoms with Gasteiger partial charge >= 0.3 is 0 Å². The Morgan fingerprint density at radius 1 is 1.25 bits per heavy atom. The molecule has 0 aliphatic carbocycles. The second-order valence-electron chi connectivity index (χ2n) is 6.93. The molecule has 0 spiro atoms. The third-order valence-corrected chi connectivity index (χ3v) is 7.12. The first-order valence-corrected chi connectivity index (χ1v) is 11.1. The molecule has 8 nitrogen and oxygen atoms in total. The number of rotatable bonds is 7. The molecular formula is C19H28N6O2S. The Bertz CT molecular complexity index is 887. The van der Waals surface area contributed by atoms with Gasteiger partial charge in [-0.2, -0.15) is 17.0 Å². The Morgan fingerprint density at radius 2 is 2.04 bits per heavy atom. The zero-order chi connectivity index (χ0) is 20.1. The van der Waals surface area contributed by atoms with Crippen molar-refractivity contribution in [2.75, 3.05) is 31.5 Å². The lowest BCUT2D eigenvalue weighted by Gasteiger charge is -2.35. The maximum Gasteiger partial charge on any atom is 0.281 e. The average molecular weight is 405 g/mol. The summed E-state index contributed by atoms with van der Waals surface area (Å²) in [5.41, 5.74) is 2.67. The maximum atomic E-state index is 12.9. The van der Waals surface area contributed by atoms with E-state index in [1.165, 1.54) is 4.31 Å². The number of aryl methyl sites for hydroxylation is 1. The summed E-state index contributed by atoms with van der Waals surface area (Å²) in [6, 6.07) is 3.94.